The Hall–Kier alpha value is -1.68. The maximum absolute atomic E-state index is 12.5. The number of carbonyl (C=O) groups excluding carboxylic acids is 2. The van der Waals surface area contributed by atoms with E-state index in [4.69, 9.17) is 0 Å². The number of esters is 1. The number of ketones is 1. The van der Waals surface area contributed by atoms with E-state index in [-0.39, 0.29) is 23.7 Å². The lowest BCUT2D eigenvalue weighted by atomic mass is 9.97. The van der Waals surface area contributed by atoms with E-state index in [2.05, 4.69) is 10.1 Å². The van der Waals surface area contributed by atoms with Crippen molar-refractivity contribution in [2.24, 2.45) is 0 Å². The molecule has 0 aliphatic rings. The van der Waals surface area contributed by atoms with Crippen LogP contribution in [-0.4, -0.2) is 30.4 Å². The topological polar surface area (TPSA) is 55.4 Å². The molecular weight excluding hydrogens is 254 g/mol. The van der Waals surface area contributed by atoms with Gasteiger partial charge in [-0.25, -0.2) is 0 Å². The van der Waals surface area contributed by atoms with Gasteiger partial charge in [-0.3, -0.25) is 9.59 Å². The fraction of sp³-hybridized carbons (Fsp3) is 0.500. The fourth-order valence-electron chi connectivity index (χ4n) is 1.96. The lowest BCUT2D eigenvalue weighted by Gasteiger charge is -2.27. The largest absolute Gasteiger partial charge is 0.469 e. The Morgan fingerprint density at radius 3 is 2.30 bits per heavy atom. The van der Waals surface area contributed by atoms with Crippen LogP contribution < -0.4 is 5.32 Å². The highest BCUT2D eigenvalue weighted by Crippen LogP contribution is 2.12. The van der Waals surface area contributed by atoms with E-state index < -0.39 is 6.04 Å². The van der Waals surface area contributed by atoms with E-state index in [0.717, 1.165) is 0 Å². The van der Waals surface area contributed by atoms with Gasteiger partial charge in [0.2, 0.25) is 0 Å². The highest BCUT2D eigenvalue weighted by atomic mass is 16.5. The van der Waals surface area contributed by atoms with Crippen LogP contribution in [0.25, 0.3) is 0 Å². The minimum Gasteiger partial charge on any atom is -0.469 e. The Kier molecular flexibility index (Phi) is 5.89. The molecule has 20 heavy (non-hydrogen) atoms. The normalized spacial score (nSPS) is 12.8. The van der Waals surface area contributed by atoms with Crippen molar-refractivity contribution in [3.05, 3.63) is 35.9 Å². The zero-order chi connectivity index (χ0) is 15.2. The maximum Gasteiger partial charge on any atom is 0.305 e. The first-order valence-corrected chi connectivity index (χ1v) is 6.77. The molecule has 1 N–H and O–H groups in total. The van der Waals surface area contributed by atoms with Crippen molar-refractivity contribution in [2.75, 3.05) is 7.11 Å². The van der Waals surface area contributed by atoms with Gasteiger partial charge in [0, 0.05) is 17.5 Å². The van der Waals surface area contributed by atoms with Crippen molar-refractivity contribution < 1.29 is 14.3 Å². The van der Waals surface area contributed by atoms with Crippen molar-refractivity contribution in [2.45, 2.75) is 45.2 Å². The SMILES string of the molecule is COC(=O)CCC(NC(C)(C)C)C(=O)c1ccccc1. The Morgan fingerprint density at radius 1 is 1.20 bits per heavy atom. The molecule has 0 spiro atoms. The van der Waals surface area contributed by atoms with E-state index >= 15 is 0 Å². The second-order valence-corrected chi connectivity index (χ2v) is 5.79. The number of hydrogen-bond donors (Lipinski definition) is 1. The fourth-order valence-corrected chi connectivity index (χ4v) is 1.96. The number of nitrogens with one attached hydrogen (secondary N) is 1. The average Bonchev–Trinajstić information content (AvgIpc) is 2.42. The van der Waals surface area contributed by atoms with Crippen LogP contribution in [0.3, 0.4) is 0 Å². The first kappa shape index (κ1) is 16.4. The van der Waals surface area contributed by atoms with Gasteiger partial charge in [-0.2, -0.15) is 0 Å². The monoisotopic (exact) mass is 277 g/mol. The molecule has 0 aliphatic carbocycles. The van der Waals surface area contributed by atoms with Crippen LogP contribution in [0, 0.1) is 0 Å². The summed E-state index contributed by atoms with van der Waals surface area (Å²) < 4.78 is 4.64. The summed E-state index contributed by atoms with van der Waals surface area (Å²) in [6, 6.07) is 8.73. The number of Topliss-reactive ketones (excluding diaryl/α,β-unsaturated/α-hetero) is 1. The van der Waals surface area contributed by atoms with Crippen LogP contribution in [0.15, 0.2) is 30.3 Å². The van der Waals surface area contributed by atoms with E-state index in [1.807, 2.05) is 39.0 Å². The average molecular weight is 277 g/mol. The quantitative estimate of drug-likeness (QED) is 0.641. The predicted octanol–water partition coefficient (Wildman–Crippen LogP) is 2.58. The highest BCUT2D eigenvalue weighted by molar-refractivity contribution is 6.00. The molecule has 0 saturated carbocycles. The third kappa shape index (κ3) is 5.53. The molecule has 0 bridgehead atoms. The lowest BCUT2D eigenvalue weighted by molar-refractivity contribution is -0.140. The minimum atomic E-state index is -0.392. The molecule has 0 heterocycles. The molecule has 1 unspecified atom stereocenters. The Morgan fingerprint density at radius 2 is 1.80 bits per heavy atom. The Bertz CT molecular complexity index is 449. The van der Waals surface area contributed by atoms with E-state index in [1.54, 1.807) is 12.1 Å². The predicted molar refractivity (Wildman–Crippen MR) is 78.7 cm³/mol. The maximum atomic E-state index is 12.5. The van der Waals surface area contributed by atoms with Gasteiger partial charge in [0.1, 0.15) is 0 Å². The Labute approximate surface area is 120 Å². The summed E-state index contributed by atoms with van der Waals surface area (Å²) in [5.41, 5.74) is 0.449. The molecule has 1 aromatic carbocycles. The number of hydrogen-bond acceptors (Lipinski definition) is 4. The molecule has 0 aromatic heterocycles. The van der Waals surface area contributed by atoms with Crippen LogP contribution in [-0.2, 0) is 9.53 Å². The molecule has 1 rings (SSSR count). The number of benzene rings is 1. The molecule has 1 atom stereocenters. The van der Waals surface area contributed by atoms with Gasteiger partial charge in [-0.1, -0.05) is 30.3 Å². The molecule has 0 fully saturated rings. The van der Waals surface area contributed by atoms with Gasteiger partial charge in [-0.05, 0) is 27.2 Å². The van der Waals surface area contributed by atoms with Crippen molar-refractivity contribution >= 4 is 11.8 Å². The number of ether oxygens (including phenoxy) is 1. The third-order valence-electron chi connectivity index (χ3n) is 2.85. The van der Waals surface area contributed by atoms with Crippen LogP contribution >= 0.6 is 0 Å². The lowest BCUT2D eigenvalue weighted by Crippen LogP contribution is -2.48. The summed E-state index contributed by atoms with van der Waals surface area (Å²) in [6.07, 6.45) is 0.653. The summed E-state index contributed by atoms with van der Waals surface area (Å²) in [7, 11) is 1.35. The summed E-state index contributed by atoms with van der Waals surface area (Å²) in [5, 5.41) is 3.28. The molecule has 110 valence electrons. The van der Waals surface area contributed by atoms with Crippen LogP contribution in [0.4, 0.5) is 0 Å². The molecule has 1 aromatic rings. The van der Waals surface area contributed by atoms with Gasteiger partial charge in [-0.15, -0.1) is 0 Å². The number of rotatable bonds is 6. The first-order chi connectivity index (χ1) is 9.33. The molecule has 4 heteroatoms. The molecule has 0 radical (unpaired) electrons. The van der Waals surface area contributed by atoms with Crippen LogP contribution in [0.2, 0.25) is 0 Å². The van der Waals surface area contributed by atoms with Crippen molar-refractivity contribution in [3.63, 3.8) is 0 Å². The van der Waals surface area contributed by atoms with Crippen molar-refractivity contribution in [1.29, 1.82) is 0 Å². The van der Waals surface area contributed by atoms with Crippen LogP contribution in [0.5, 0.6) is 0 Å². The van der Waals surface area contributed by atoms with Gasteiger partial charge >= 0.3 is 5.97 Å². The summed E-state index contributed by atoms with van der Waals surface area (Å²) >= 11 is 0. The smallest absolute Gasteiger partial charge is 0.305 e. The highest BCUT2D eigenvalue weighted by Gasteiger charge is 2.25. The van der Waals surface area contributed by atoms with E-state index in [9.17, 15) is 9.59 Å². The number of carbonyl (C=O) groups is 2. The van der Waals surface area contributed by atoms with E-state index in [0.29, 0.717) is 12.0 Å². The Balaban J connectivity index is 2.81. The minimum absolute atomic E-state index is 0.00410. The summed E-state index contributed by atoms with van der Waals surface area (Å²) in [4.78, 5) is 23.8. The summed E-state index contributed by atoms with van der Waals surface area (Å²) in [6.45, 7) is 5.99. The molecule has 4 nitrogen and oxygen atoms in total. The second-order valence-electron chi connectivity index (χ2n) is 5.79. The zero-order valence-corrected chi connectivity index (χ0v) is 12.6. The molecule has 0 aliphatic heterocycles. The molecule has 0 amide bonds. The number of methoxy groups -OCH3 is 1. The molecule has 0 saturated heterocycles. The van der Waals surface area contributed by atoms with Crippen molar-refractivity contribution in [3.8, 4) is 0 Å². The van der Waals surface area contributed by atoms with Crippen molar-refractivity contribution in [1.82, 2.24) is 5.32 Å². The third-order valence-corrected chi connectivity index (χ3v) is 2.85. The first-order valence-electron chi connectivity index (χ1n) is 6.77. The van der Waals surface area contributed by atoms with Crippen LogP contribution in [0.1, 0.15) is 44.0 Å². The van der Waals surface area contributed by atoms with Gasteiger partial charge in [0.25, 0.3) is 0 Å². The standard InChI is InChI=1S/C16H23NO3/c1-16(2,3)17-13(10-11-14(18)20-4)15(19)12-8-6-5-7-9-12/h5-9,13,17H,10-11H2,1-4H3. The molecular formula is C16H23NO3. The second kappa shape index (κ2) is 7.20. The van der Waals surface area contributed by atoms with Gasteiger partial charge < -0.3 is 10.1 Å². The zero-order valence-electron chi connectivity index (χ0n) is 12.6. The van der Waals surface area contributed by atoms with Gasteiger partial charge in [0.15, 0.2) is 5.78 Å². The van der Waals surface area contributed by atoms with Gasteiger partial charge in [0.05, 0.1) is 13.2 Å². The van der Waals surface area contributed by atoms with E-state index in [1.165, 1.54) is 7.11 Å². The summed E-state index contributed by atoms with van der Waals surface area (Å²) in [5.74, 6) is -0.295.